The van der Waals surface area contributed by atoms with E-state index in [1.807, 2.05) is 25.7 Å². The lowest BCUT2D eigenvalue weighted by Gasteiger charge is -2.42. The van der Waals surface area contributed by atoms with E-state index in [0.717, 1.165) is 19.4 Å². The van der Waals surface area contributed by atoms with Gasteiger partial charge in [-0.05, 0) is 30.6 Å². The van der Waals surface area contributed by atoms with Crippen LogP contribution in [-0.2, 0) is 9.59 Å². The van der Waals surface area contributed by atoms with E-state index in [9.17, 15) is 9.59 Å². The Balaban J connectivity index is 2.19. The molecule has 4 nitrogen and oxygen atoms in total. The molecule has 0 bridgehead atoms. The van der Waals surface area contributed by atoms with Crippen LogP contribution in [0.2, 0.25) is 0 Å². The summed E-state index contributed by atoms with van der Waals surface area (Å²) in [6.45, 7) is 9.02. The smallest absolute Gasteiger partial charge is 0.245 e. The standard InChI is InChI=1S/C15H26N2O2/c1-5-6-11-14(19)17(9-15(4)7-8-15)12(10(2)3)13(18)16-11/h10-12H,5-9H2,1-4H3,(H,16,18). The van der Waals surface area contributed by atoms with E-state index >= 15 is 0 Å². The van der Waals surface area contributed by atoms with E-state index in [2.05, 4.69) is 12.2 Å². The third-order valence-corrected chi connectivity index (χ3v) is 4.37. The minimum absolute atomic E-state index is 0.0253. The zero-order valence-electron chi connectivity index (χ0n) is 12.5. The first-order valence-corrected chi connectivity index (χ1v) is 7.49. The van der Waals surface area contributed by atoms with Gasteiger partial charge in [0.25, 0.3) is 0 Å². The number of piperazine rings is 1. The fourth-order valence-electron chi connectivity index (χ4n) is 2.90. The third-order valence-electron chi connectivity index (χ3n) is 4.37. The molecule has 2 unspecified atom stereocenters. The number of nitrogens with one attached hydrogen (secondary N) is 1. The van der Waals surface area contributed by atoms with Crippen molar-refractivity contribution in [3.8, 4) is 0 Å². The molecule has 108 valence electrons. The van der Waals surface area contributed by atoms with Crippen molar-refractivity contribution in [2.24, 2.45) is 11.3 Å². The molecule has 1 N–H and O–H groups in total. The monoisotopic (exact) mass is 266 g/mol. The summed E-state index contributed by atoms with van der Waals surface area (Å²) in [4.78, 5) is 26.7. The molecule has 0 aromatic carbocycles. The van der Waals surface area contributed by atoms with Crippen LogP contribution in [0.1, 0.15) is 53.4 Å². The molecule has 1 heterocycles. The summed E-state index contributed by atoms with van der Waals surface area (Å²) in [6, 6.07) is -0.604. The largest absolute Gasteiger partial charge is 0.342 e. The van der Waals surface area contributed by atoms with Crippen LogP contribution in [0.3, 0.4) is 0 Å². The zero-order valence-corrected chi connectivity index (χ0v) is 12.5. The van der Waals surface area contributed by atoms with Gasteiger partial charge < -0.3 is 10.2 Å². The van der Waals surface area contributed by atoms with Crippen LogP contribution in [-0.4, -0.2) is 35.3 Å². The van der Waals surface area contributed by atoms with E-state index in [-0.39, 0.29) is 35.2 Å². The van der Waals surface area contributed by atoms with Crippen molar-refractivity contribution in [1.29, 1.82) is 0 Å². The van der Waals surface area contributed by atoms with Crippen LogP contribution in [0.25, 0.3) is 0 Å². The normalized spacial score (nSPS) is 29.6. The molecule has 2 fully saturated rings. The van der Waals surface area contributed by atoms with E-state index in [4.69, 9.17) is 0 Å². The summed E-state index contributed by atoms with van der Waals surface area (Å²) in [7, 11) is 0. The van der Waals surface area contributed by atoms with Crippen LogP contribution in [0, 0.1) is 11.3 Å². The molecule has 1 saturated carbocycles. The first-order valence-electron chi connectivity index (χ1n) is 7.49. The van der Waals surface area contributed by atoms with E-state index < -0.39 is 0 Å². The fraction of sp³-hybridized carbons (Fsp3) is 0.867. The number of rotatable bonds is 5. The van der Waals surface area contributed by atoms with Crippen molar-refractivity contribution >= 4 is 11.8 Å². The van der Waals surface area contributed by atoms with Crippen LogP contribution in [0.4, 0.5) is 0 Å². The van der Waals surface area contributed by atoms with Gasteiger partial charge in [-0.3, -0.25) is 9.59 Å². The van der Waals surface area contributed by atoms with Crippen LogP contribution in [0.5, 0.6) is 0 Å². The predicted octanol–water partition coefficient (Wildman–Crippen LogP) is 1.94. The highest BCUT2D eigenvalue weighted by Gasteiger charge is 2.47. The lowest BCUT2D eigenvalue weighted by molar-refractivity contribution is -0.152. The van der Waals surface area contributed by atoms with Gasteiger partial charge in [0.2, 0.25) is 11.8 Å². The van der Waals surface area contributed by atoms with Crippen molar-refractivity contribution in [3.05, 3.63) is 0 Å². The van der Waals surface area contributed by atoms with E-state index in [1.54, 1.807) is 0 Å². The molecule has 2 atom stereocenters. The third kappa shape index (κ3) is 2.93. The molecule has 1 saturated heterocycles. The highest BCUT2D eigenvalue weighted by molar-refractivity contribution is 5.97. The number of nitrogens with zero attached hydrogens (tertiary/aromatic N) is 1. The molecule has 4 heteroatoms. The molecule has 19 heavy (non-hydrogen) atoms. The Hall–Kier alpha value is -1.06. The first kappa shape index (κ1) is 14.4. The van der Waals surface area contributed by atoms with Crippen molar-refractivity contribution in [1.82, 2.24) is 10.2 Å². The SMILES string of the molecule is CCCC1NC(=O)C(C(C)C)N(CC2(C)CC2)C1=O. The lowest BCUT2D eigenvalue weighted by Crippen LogP contribution is -2.65. The summed E-state index contributed by atoms with van der Waals surface area (Å²) in [6.07, 6.45) is 3.99. The molecule has 2 aliphatic rings. The van der Waals surface area contributed by atoms with Gasteiger partial charge >= 0.3 is 0 Å². The second-order valence-electron chi connectivity index (χ2n) is 6.82. The van der Waals surface area contributed by atoms with Gasteiger partial charge in [-0.25, -0.2) is 0 Å². The Morgan fingerprint density at radius 3 is 2.47 bits per heavy atom. The number of carbonyl (C=O) groups is 2. The Labute approximate surface area is 115 Å². The topological polar surface area (TPSA) is 49.4 Å². The predicted molar refractivity (Wildman–Crippen MR) is 74.5 cm³/mol. The Kier molecular flexibility index (Phi) is 3.88. The van der Waals surface area contributed by atoms with Crippen LogP contribution >= 0.6 is 0 Å². The molecular formula is C15H26N2O2. The zero-order chi connectivity index (χ0) is 14.2. The maximum absolute atomic E-state index is 12.6. The maximum atomic E-state index is 12.6. The van der Waals surface area contributed by atoms with Crippen molar-refractivity contribution in [2.75, 3.05) is 6.54 Å². The van der Waals surface area contributed by atoms with Crippen molar-refractivity contribution in [2.45, 2.75) is 65.5 Å². The van der Waals surface area contributed by atoms with Crippen molar-refractivity contribution in [3.63, 3.8) is 0 Å². The van der Waals surface area contributed by atoms with Crippen molar-refractivity contribution < 1.29 is 9.59 Å². The van der Waals surface area contributed by atoms with E-state index in [1.165, 1.54) is 12.8 Å². The summed E-state index contributed by atoms with van der Waals surface area (Å²) in [5.41, 5.74) is 0.247. The number of hydrogen-bond acceptors (Lipinski definition) is 2. The van der Waals surface area contributed by atoms with Gasteiger partial charge in [-0.1, -0.05) is 34.1 Å². The average Bonchev–Trinajstić information content (AvgIpc) is 3.03. The molecule has 2 amide bonds. The molecule has 2 rings (SSSR count). The Morgan fingerprint density at radius 1 is 1.37 bits per heavy atom. The summed E-state index contributed by atoms with van der Waals surface area (Å²) in [5, 5.41) is 2.90. The molecule has 1 aliphatic carbocycles. The Morgan fingerprint density at radius 2 is 2.00 bits per heavy atom. The van der Waals surface area contributed by atoms with Gasteiger partial charge in [-0.15, -0.1) is 0 Å². The Bertz CT molecular complexity index is 374. The van der Waals surface area contributed by atoms with Gasteiger partial charge in [0.1, 0.15) is 12.1 Å². The highest BCUT2D eigenvalue weighted by Crippen LogP contribution is 2.46. The van der Waals surface area contributed by atoms with Crippen LogP contribution < -0.4 is 5.32 Å². The van der Waals surface area contributed by atoms with Gasteiger partial charge in [-0.2, -0.15) is 0 Å². The number of hydrogen-bond donors (Lipinski definition) is 1. The molecule has 0 aromatic heterocycles. The van der Waals surface area contributed by atoms with Gasteiger partial charge in [0.15, 0.2) is 0 Å². The minimum Gasteiger partial charge on any atom is -0.342 e. The molecule has 0 radical (unpaired) electrons. The quantitative estimate of drug-likeness (QED) is 0.826. The maximum Gasteiger partial charge on any atom is 0.245 e. The first-order chi connectivity index (χ1) is 8.88. The second-order valence-corrected chi connectivity index (χ2v) is 6.82. The lowest BCUT2D eigenvalue weighted by atomic mass is 9.94. The van der Waals surface area contributed by atoms with Gasteiger partial charge in [0.05, 0.1) is 0 Å². The summed E-state index contributed by atoms with van der Waals surface area (Å²) >= 11 is 0. The number of carbonyl (C=O) groups excluding carboxylic acids is 2. The van der Waals surface area contributed by atoms with E-state index in [0.29, 0.717) is 0 Å². The van der Waals surface area contributed by atoms with Crippen LogP contribution in [0.15, 0.2) is 0 Å². The molecule has 0 spiro atoms. The van der Waals surface area contributed by atoms with Gasteiger partial charge in [0, 0.05) is 6.54 Å². The second kappa shape index (κ2) is 5.14. The average molecular weight is 266 g/mol. The molecule has 0 aromatic rings. The highest BCUT2D eigenvalue weighted by atomic mass is 16.2. The fourth-order valence-corrected chi connectivity index (χ4v) is 2.90. The molecule has 1 aliphatic heterocycles. The minimum atomic E-state index is -0.310. The summed E-state index contributed by atoms with van der Waals surface area (Å²) in [5.74, 6) is 0.305. The molecular weight excluding hydrogens is 240 g/mol. The number of amides is 2. The summed E-state index contributed by atoms with van der Waals surface area (Å²) < 4.78 is 0.